The van der Waals surface area contributed by atoms with E-state index in [0.717, 1.165) is 18.5 Å². The molecule has 3 aromatic carbocycles. The molecule has 4 saturated heterocycles. The molecular formula is C48H54F2N10O6. The van der Waals surface area contributed by atoms with Crippen molar-refractivity contribution < 1.29 is 37.4 Å². The van der Waals surface area contributed by atoms with Gasteiger partial charge >= 0.3 is 12.1 Å². The molecule has 4 fully saturated rings. The van der Waals surface area contributed by atoms with Crippen LogP contribution in [-0.4, -0.2) is 118 Å². The van der Waals surface area contributed by atoms with Crippen molar-refractivity contribution in [2.45, 2.75) is 68.6 Å². The van der Waals surface area contributed by atoms with Crippen LogP contribution in [0.25, 0.3) is 11.3 Å². The summed E-state index contributed by atoms with van der Waals surface area (Å²) in [4.78, 5) is 76.6. The summed E-state index contributed by atoms with van der Waals surface area (Å²) in [5.74, 6) is -0.683. The minimum atomic E-state index is -0.924. The highest BCUT2D eigenvalue weighted by Crippen LogP contribution is 2.39. The number of benzene rings is 3. The number of imidazole rings is 2. The number of nitrogens with zero attached hydrogens (tertiary/aromatic N) is 6. The van der Waals surface area contributed by atoms with Gasteiger partial charge in [-0.25, -0.2) is 28.3 Å². The lowest BCUT2D eigenvalue weighted by atomic mass is 9.93. The quantitative estimate of drug-likeness (QED) is 0.113. The lowest BCUT2D eigenvalue weighted by Crippen LogP contribution is -2.50. The Morgan fingerprint density at radius 1 is 0.712 bits per heavy atom. The number of H-pyrrole nitrogens is 2. The number of hydrogen-bond donors (Lipinski definition) is 4. The van der Waals surface area contributed by atoms with Crippen molar-refractivity contribution in [3.8, 4) is 11.3 Å². The first-order valence-electron chi connectivity index (χ1n) is 22.7. The number of morpholine rings is 1. The molecule has 0 bridgehead atoms. The zero-order chi connectivity index (χ0) is 45.7. The van der Waals surface area contributed by atoms with E-state index in [9.17, 15) is 19.2 Å². The van der Waals surface area contributed by atoms with E-state index in [4.69, 9.17) is 14.5 Å². The molecule has 0 radical (unpaired) electrons. The number of anilines is 1. The lowest BCUT2D eigenvalue weighted by Gasteiger charge is -2.33. The Morgan fingerprint density at radius 2 is 1.26 bits per heavy atom. The first kappa shape index (κ1) is 44.4. The fourth-order valence-corrected chi connectivity index (χ4v) is 9.80. The molecule has 0 aliphatic carbocycles. The van der Waals surface area contributed by atoms with Crippen LogP contribution in [0.4, 0.5) is 24.1 Å². The van der Waals surface area contributed by atoms with Crippen LogP contribution in [0, 0.1) is 11.6 Å². The zero-order valence-electron chi connectivity index (χ0n) is 36.8. The van der Waals surface area contributed by atoms with Gasteiger partial charge in [-0.1, -0.05) is 60.7 Å². The number of aromatic nitrogens is 4. The van der Waals surface area contributed by atoms with Crippen LogP contribution in [-0.2, 0) is 19.1 Å². The zero-order valence-corrected chi connectivity index (χ0v) is 36.8. The van der Waals surface area contributed by atoms with Gasteiger partial charge in [0.05, 0.1) is 44.3 Å². The molecule has 0 saturated carbocycles. The van der Waals surface area contributed by atoms with Gasteiger partial charge in [0, 0.05) is 62.6 Å². The van der Waals surface area contributed by atoms with E-state index in [1.54, 1.807) is 37.9 Å². The number of likely N-dealkylation sites (tertiary alicyclic amines) is 2. The summed E-state index contributed by atoms with van der Waals surface area (Å²) in [5.41, 5.74) is 2.83. The number of rotatable bonds is 11. The summed E-state index contributed by atoms with van der Waals surface area (Å²) in [6.07, 6.45) is 6.69. The predicted molar refractivity (Wildman–Crippen MR) is 239 cm³/mol. The van der Waals surface area contributed by atoms with Crippen LogP contribution in [0.3, 0.4) is 0 Å². The van der Waals surface area contributed by atoms with Crippen molar-refractivity contribution >= 4 is 29.6 Å². The second-order valence-electron chi connectivity index (χ2n) is 17.2. The summed E-state index contributed by atoms with van der Waals surface area (Å²) in [7, 11) is 1.26. The molecule has 0 spiro atoms. The van der Waals surface area contributed by atoms with E-state index < -0.39 is 35.9 Å². The summed E-state index contributed by atoms with van der Waals surface area (Å²) in [6.45, 7) is 3.52. The molecule has 66 heavy (non-hydrogen) atoms. The van der Waals surface area contributed by atoms with Crippen molar-refractivity contribution in [1.82, 2.24) is 45.3 Å². The normalized spacial score (nSPS) is 20.0. The summed E-state index contributed by atoms with van der Waals surface area (Å²) in [6, 6.07) is 17.9. The van der Waals surface area contributed by atoms with E-state index in [2.05, 4.69) is 25.6 Å². The highest BCUT2D eigenvalue weighted by Gasteiger charge is 2.39. The average molecular weight is 905 g/mol. The van der Waals surface area contributed by atoms with Gasteiger partial charge in [0.1, 0.15) is 41.1 Å². The second-order valence-corrected chi connectivity index (χ2v) is 17.2. The van der Waals surface area contributed by atoms with Crippen molar-refractivity contribution in [3.63, 3.8) is 0 Å². The van der Waals surface area contributed by atoms with Gasteiger partial charge in [0.15, 0.2) is 0 Å². The summed E-state index contributed by atoms with van der Waals surface area (Å²) in [5, 5.41) is 5.65. The van der Waals surface area contributed by atoms with Crippen molar-refractivity contribution in [2.75, 3.05) is 64.5 Å². The molecule has 5 aromatic rings. The number of alkyl carbamates (subject to hydrolysis) is 1. The van der Waals surface area contributed by atoms with Gasteiger partial charge in [-0.15, -0.1) is 0 Å². The Labute approximate surface area is 381 Å². The first-order valence-corrected chi connectivity index (χ1v) is 22.7. The first-order chi connectivity index (χ1) is 32.2. The molecule has 9 rings (SSSR count). The van der Waals surface area contributed by atoms with Crippen LogP contribution < -0.4 is 15.5 Å². The molecule has 4 unspecified atom stereocenters. The topological polar surface area (TPSA) is 181 Å². The van der Waals surface area contributed by atoms with E-state index in [1.807, 2.05) is 48.5 Å². The molecule has 4 aliphatic heterocycles. The number of halogens is 2. The number of hydrogen-bond acceptors (Lipinski definition) is 9. The molecule has 5 amide bonds. The van der Waals surface area contributed by atoms with Gasteiger partial charge in [-0.05, 0) is 61.8 Å². The number of ether oxygens (including phenoxy) is 2. The number of aromatic amines is 2. The molecule has 346 valence electrons. The maximum atomic E-state index is 16.0. The molecule has 4 atom stereocenters. The van der Waals surface area contributed by atoms with E-state index in [1.165, 1.54) is 25.4 Å². The predicted octanol–water partition coefficient (Wildman–Crippen LogP) is 6.67. The lowest BCUT2D eigenvalue weighted by molar-refractivity contribution is -0.135. The van der Waals surface area contributed by atoms with Crippen LogP contribution in [0.2, 0.25) is 0 Å². The van der Waals surface area contributed by atoms with Crippen LogP contribution >= 0.6 is 0 Å². The molecule has 6 heterocycles. The Bertz CT molecular complexity index is 2490. The largest absolute Gasteiger partial charge is 0.453 e. The highest BCUT2D eigenvalue weighted by molar-refractivity contribution is 5.89. The minimum absolute atomic E-state index is 0.0611. The third-order valence-corrected chi connectivity index (χ3v) is 13.3. The molecule has 4 N–H and O–H groups in total. The third kappa shape index (κ3) is 9.32. The smallest absolute Gasteiger partial charge is 0.407 e. The second kappa shape index (κ2) is 19.7. The Hall–Kier alpha value is -6.82. The number of amides is 5. The standard InChI is InChI=1S/C48H54F2N10O6/c1-65-48(64)56-41(32-12-6-3-7-13-32)46(62)60-19-9-14-38(60)43-51-28-36(53-43)30-16-20-57(21-17-30)42-34(49)26-33(27-35(42)50)37-29-52-44(54-37)39-15-8-18-59(39)45(61)40(31-10-4-2-5-11-31)55-47(63)58-22-24-66-25-23-58/h2-7,10-13,26-30,38-41H,8-9,14-25H2,1H3,(H,51,53)(H,52,54)(H,55,63)(H,56,64). The van der Waals surface area contributed by atoms with Gasteiger partial charge in [0.2, 0.25) is 5.91 Å². The molecule has 18 heteroatoms. The Kier molecular flexibility index (Phi) is 13.3. The van der Waals surface area contributed by atoms with Crippen molar-refractivity contribution in [2.24, 2.45) is 0 Å². The number of carbonyl (C=O) groups is 4. The minimum Gasteiger partial charge on any atom is -0.453 e. The Morgan fingerprint density at radius 3 is 1.83 bits per heavy atom. The van der Waals surface area contributed by atoms with E-state index in [0.29, 0.717) is 112 Å². The van der Waals surface area contributed by atoms with Crippen LogP contribution in [0.1, 0.15) is 97.1 Å². The van der Waals surface area contributed by atoms with Gasteiger partial charge in [-0.3, -0.25) is 9.59 Å². The Balaban J connectivity index is 0.841. The van der Waals surface area contributed by atoms with Gasteiger partial charge < -0.3 is 49.7 Å². The van der Waals surface area contributed by atoms with Gasteiger partial charge in [-0.2, -0.15) is 0 Å². The maximum absolute atomic E-state index is 16.0. The average Bonchev–Trinajstić information content (AvgIpc) is 4.21. The number of carbonyl (C=O) groups excluding carboxylic acids is 4. The molecule has 2 aromatic heterocycles. The van der Waals surface area contributed by atoms with E-state index in [-0.39, 0.29) is 35.5 Å². The highest BCUT2D eigenvalue weighted by atomic mass is 19.1. The fraction of sp³-hybridized carbons (Fsp3) is 0.417. The van der Waals surface area contributed by atoms with Crippen LogP contribution in [0.5, 0.6) is 0 Å². The molecule has 4 aliphatic rings. The van der Waals surface area contributed by atoms with Crippen molar-refractivity contribution in [1.29, 1.82) is 0 Å². The summed E-state index contributed by atoms with van der Waals surface area (Å²) < 4.78 is 42.2. The third-order valence-electron chi connectivity index (χ3n) is 13.3. The van der Waals surface area contributed by atoms with Crippen LogP contribution in [0.15, 0.2) is 85.2 Å². The SMILES string of the molecule is COC(=O)NC(C(=O)N1CCCC1c1ncc(C2CCN(c3c(F)cc(-c4cnc(C5CCCN5C(=O)C(NC(=O)N5CCOCC5)c5ccccc5)[nH]4)cc3F)CC2)[nH]1)c1ccccc1. The number of nitrogens with one attached hydrogen (secondary N) is 4. The van der Waals surface area contributed by atoms with Crippen molar-refractivity contribution in [3.05, 3.63) is 125 Å². The van der Waals surface area contributed by atoms with E-state index >= 15 is 8.78 Å². The molecule has 16 nitrogen and oxygen atoms in total. The summed E-state index contributed by atoms with van der Waals surface area (Å²) >= 11 is 0. The molecular weight excluding hydrogens is 851 g/mol. The fourth-order valence-electron chi connectivity index (χ4n) is 9.80. The number of urea groups is 1. The van der Waals surface area contributed by atoms with Gasteiger partial charge in [0.25, 0.3) is 5.91 Å². The monoisotopic (exact) mass is 904 g/mol. The number of piperidine rings is 1. The number of methoxy groups -OCH3 is 1. The maximum Gasteiger partial charge on any atom is 0.407 e.